The van der Waals surface area contributed by atoms with Crippen LogP contribution in [0.5, 0.6) is 0 Å². The summed E-state index contributed by atoms with van der Waals surface area (Å²) in [6.07, 6.45) is 6.14. The third kappa shape index (κ3) is 8.24. The number of fused-ring (bicyclic) bond motifs is 1. The quantitative estimate of drug-likeness (QED) is 0.280. The van der Waals surface area contributed by atoms with E-state index < -0.39 is 28.5 Å². The van der Waals surface area contributed by atoms with Crippen LogP contribution in [-0.4, -0.2) is 47.5 Å². The predicted octanol–water partition coefficient (Wildman–Crippen LogP) is 7.09. The number of likely N-dealkylation sites (tertiary alicyclic amines) is 1. The van der Waals surface area contributed by atoms with E-state index in [1.807, 2.05) is 78.0 Å². The molecular formula is C35H49N3O4. The number of carbonyl (C=O) groups excluding carboxylic acids is 3. The van der Waals surface area contributed by atoms with Gasteiger partial charge in [0.1, 0.15) is 5.60 Å². The molecule has 7 heteroatoms. The topological polar surface area (TPSA) is 87.7 Å². The van der Waals surface area contributed by atoms with Crippen LogP contribution in [0.15, 0.2) is 67.8 Å². The summed E-state index contributed by atoms with van der Waals surface area (Å²) in [5.74, 6) is -0.167. The smallest absolute Gasteiger partial charge is 0.410 e. The SMILES string of the molecule is C=CCCC1(C(=O)NC(C)C(NC(=O)C(C)(C)CC=C)c2ccc3ccccc3c2)CCN(C(=O)OC(C)(C)C)CC1. The van der Waals surface area contributed by atoms with Crippen molar-refractivity contribution in [3.8, 4) is 0 Å². The van der Waals surface area contributed by atoms with Gasteiger partial charge in [0.2, 0.25) is 11.8 Å². The molecule has 0 aromatic heterocycles. The first-order valence-corrected chi connectivity index (χ1v) is 15.0. The fourth-order valence-electron chi connectivity index (χ4n) is 5.54. The number of allylic oxidation sites excluding steroid dienone is 2. The van der Waals surface area contributed by atoms with Gasteiger partial charge < -0.3 is 20.3 Å². The van der Waals surface area contributed by atoms with Crippen molar-refractivity contribution in [1.82, 2.24) is 15.5 Å². The first kappa shape index (κ1) is 32.9. The van der Waals surface area contributed by atoms with E-state index in [1.165, 1.54) is 0 Å². The summed E-state index contributed by atoms with van der Waals surface area (Å²) in [6.45, 7) is 19.8. The number of nitrogens with one attached hydrogen (secondary N) is 2. The largest absolute Gasteiger partial charge is 0.444 e. The summed E-state index contributed by atoms with van der Waals surface area (Å²) < 4.78 is 5.57. The minimum atomic E-state index is -0.653. The summed E-state index contributed by atoms with van der Waals surface area (Å²) in [7, 11) is 0. The molecule has 2 aromatic carbocycles. The van der Waals surface area contributed by atoms with Crippen LogP contribution in [0, 0.1) is 10.8 Å². The minimum Gasteiger partial charge on any atom is -0.444 e. The molecule has 0 spiro atoms. The number of hydrogen-bond donors (Lipinski definition) is 2. The third-order valence-electron chi connectivity index (χ3n) is 8.23. The Balaban J connectivity index is 1.86. The van der Waals surface area contributed by atoms with E-state index >= 15 is 0 Å². The molecule has 1 aliphatic heterocycles. The summed E-state index contributed by atoms with van der Waals surface area (Å²) in [6, 6.07) is 13.4. The first-order chi connectivity index (χ1) is 19.7. The van der Waals surface area contributed by atoms with Crippen LogP contribution in [0.25, 0.3) is 10.8 Å². The Bertz CT molecular complexity index is 1280. The molecule has 2 N–H and O–H groups in total. The standard InChI is InChI=1S/C35H49N3O4/c1-9-11-19-35(20-22-38(23-21-35)32(41)42-33(4,5)6)31(40)36-25(3)29(37-30(39)34(7,8)18-10-2)28-17-16-26-14-12-13-15-27(26)24-28/h9-10,12-17,24-25,29H,1-2,11,18-23H2,3-8H3,(H,36,40)(H,37,39). The molecule has 1 saturated heterocycles. The van der Waals surface area contributed by atoms with Crippen molar-refractivity contribution in [2.24, 2.45) is 10.8 Å². The Labute approximate surface area is 251 Å². The minimum absolute atomic E-state index is 0.0638. The van der Waals surface area contributed by atoms with Gasteiger partial charge in [0.05, 0.1) is 17.5 Å². The number of ether oxygens (including phenoxy) is 1. The molecule has 0 saturated carbocycles. The number of amides is 3. The Kier molecular flexibility index (Phi) is 10.6. The van der Waals surface area contributed by atoms with Gasteiger partial charge in [0.15, 0.2) is 0 Å². The molecule has 2 aromatic rings. The van der Waals surface area contributed by atoms with Gasteiger partial charge in [-0.1, -0.05) is 62.4 Å². The molecule has 2 unspecified atom stereocenters. The highest BCUT2D eigenvalue weighted by molar-refractivity contribution is 5.86. The lowest BCUT2D eigenvalue weighted by molar-refractivity contribution is -0.136. The highest BCUT2D eigenvalue weighted by Gasteiger charge is 2.43. The molecule has 0 radical (unpaired) electrons. The van der Waals surface area contributed by atoms with Gasteiger partial charge in [0.25, 0.3) is 0 Å². The second-order valence-electron chi connectivity index (χ2n) is 13.3. The Morgan fingerprint density at radius 3 is 2.21 bits per heavy atom. The monoisotopic (exact) mass is 575 g/mol. The van der Waals surface area contributed by atoms with E-state index in [4.69, 9.17) is 4.74 Å². The van der Waals surface area contributed by atoms with Crippen LogP contribution in [0.1, 0.15) is 85.3 Å². The third-order valence-corrected chi connectivity index (χ3v) is 8.23. The van der Waals surface area contributed by atoms with Crippen molar-refractivity contribution in [2.75, 3.05) is 13.1 Å². The normalized spacial score (nSPS) is 16.7. The maximum Gasteiger partial charge on any atom is 0.410 e. The zero-order valence-electron chi connectivity index (χ0n) is 26.3. The van der Waals surface area contributed by atoms with Crippen molar-refractivity contribution in [1.29, 1.82) is 0 Å². The number of carbonyl (C=O) groups is 3. The van der Waals surface area contributed by atoms with Crippen LogP contribution in [0.4, 0.5) is 4.79 Å². The van der Waals surface area contributed by atoms with Crippen LogP contribution < -0.4 is 10.6 Å². The Hall–Kier alpha value is -3.61. The zero-order chi connectivity index (χ0) is 31.1. The van der Waals surface area contributed by atoms with Crippen molar-refractivity contribution >= 4 is 28.7 Å². The molecule has 1 aliphatic rings. The predicted molar refractivity (Wildman–Crippen MR) is 170 cm³/mol. The molecular weight excluding hydrogens is 526 g/mol. The van der Waals surface area contributed by atoms with Crippen LogP contribution >= 0.6 is 0 Å². The highest BCUT2D eigenvalue weighted by atomic mass is 16.6. The molecule has 42 heavy (non-hydrogen) atoms. The van der Waals surface area contributed by atoms with E-state index in [-0.39, 0.29) is 17.9 Å². The van der Waals surface area contributed by atoms with Crippen molar-refractivity contribution < 1.29 is 19.1 Å². The van der Waals surface area contributed by atoms with Gasteiger partial charge in [-0.2, -0.15) is 0 Å². The van der Waals surface area contributed by atoms with Crippen LogP contribution in [0.2, 0.25) is 0 Å². The van der Waals surface area contributed by atoms with Gasteiger partial charge in [0, 0.05) is 18.5 Å². The summed E-state index contributed by atoms with van der Waals surface area (Å²) >= 11 is 0. The van der Waals surface area contributed by atoms with E-state index in [9.17, 15) is 14.4 Å². The van der Waals surface area contributed by atoms with Gasteiger partial charge in [-0.05, 0) is 82.2 Å². The van der Waals surface area contributed by atoms with Crippen LogP contribution in [0.3, 0.4) is 0 Å². The van der Waals surface area contributed by atoms with E-state index in [0.717, 1.165) is 16.3 Å². The van der Waals surface area contributed by atoms with Gasteiger partial charge in [-0.15, -0.1) is 13.2 Å². The number of rotatable bonds is 11. The average molecular weight is 576 g/mol. The fraction of sp³-hybridized carbons (Fsp3) is 0.514. The molecule has 3 amide bonds. The molecule has 0 bridgehead atoms. The molecule has 7 nitrogen and oxygen atoms in total. The lowest BCUT2D eigenvalue weighted by Crippen LogP contribution is -2.54. The van der Waals surface area contributed by atoms with E-state index in [0.29, 0.717) is 45.2 Å². The molecule has 228 valence electrons. The Morgan fingerprint density at radius 2 is 1.62 bits per heavy atom. The van der Waals surface area contributed by atoms with Crippen molar-refractivity contribution in [3.05, 3.63) is 73.3 Å². The average Bonchev–Trinajstić information content (AvgIpc) is 2.93. The number of nitrogens with zero attached hydrogens (tertiary/aromatic N) is 1. The molecule has 1 fully saturated rings. The summed E-state index contributed by atoms with van der Waals surface area (Å²) in [4.78, 5) is 41.9. The van der Waals surface area contributed by atoms with E-state index in [1.54, 1.807) is 11.0 Å². The number of hydrogen-bond acceptors (Lipinski definition) is 4. The lowest BCUT2D eigenvalue weighted by Gasteiger charge is -2.42. The molecule has 3 rings (SSSR count). The fourth-order valence-corrected chi connectivity index (χ4v) is 5.54. The maximum atomic E-state index is 14.1. The van der Waals surface area contributed by atoms with Gasteiger partial charge in [-0.3, -0.25) is 9.59 Å². The maximum absolute atomic E-state index is 14.1. The first-order valence-electron chi connectivity index (χ1n) is 15.0. The van der Waals surface area contributed by atoms with Crippen molar-refractivity contribution in [2.45, 2.75) is 91.3 Å². The zero-order valence-corrected chi connectivity index (χ0v) is 26.3. The number of benzene rings is 2. The van der Waals surface area contributed by atoms with Gasteiger partial charge >= 0.3 is 6.09 Å². The van der Waals surface area contributed by atoms with Crippen molar-refractivity contribution in [3.63, 3.8) is 0 Å². The summed E-state index contributed by atoms with van der Waals surface area (Å²) in [5.41, 5.74) is -0.963. The van der Waals surface area contributed by atoms with Gasteiger partial charge in [-0.25, -0.2) is 4.79 Å². The molecule has 1 heterocycles. The lowest BCUT2D eigenvalue weighted by atomic mass is 9.73. The second-order valence-corrected chi connectivity index (χ2v) is 13.3. The summed E-state index contributed by atoms with van der Waals surface area (Å²) in [5, 5.41) is 8.69. The molecule has 2 atom stereocenters. The molecule has 0 aliphatic carbocycles. The van der Waals surface area contributed by atoms with E-state index in [2.05, 4.69) is 35.9 Å². The van der Waals surface area contributed by atoms with Crippen LogP contribution in [-0.2, 0) is 14.3 Å². The second kappa shape index (κ2) is 13.6. The Morgan fingerprint density at radius 1 is 0.976 bits per heavy atom. The highest BCUT2D eigenvalue weighted by Crippen LogP contribution is 2.38. The number of piperidine rings is 1.